The first-order valence-corrected chi connectivity index (χ1v) is 5.07. The molecule has 2 heterocycles. The minimum absolute atomic E-state index is 0.0939. The lowest BCUT2D eigenvalue weighted by atomic mass is 10.1. The summed E-state index contributed by atoms with van der Waals surface area (Å²) >= 11 is 0. The molecule has 2 aliphatic rings. The van der Waals surface area contributed by atoms with Gasteiger partial charge in [0, 0.05) is 26.1 Å². The van der Waals surface area contributed by atoms with Crippen LogP contribution in [0.5, 0.6) is 0 Å². The third-order valence-electron chi connectivity index (χ3n) is 2.63. The fourth-order valence-corrected chi connectivity index (χ4v) is 1.79. The summed E-state index contributed by atoms with van der Waals surface area (Å²) in [7, 11) is 0. The normalized spacial score (nSPS) is 26.1. The van der Waals surface area contributed by atoms with Crippen molar-refractivity contribution in [3.63, 3.8) is 0 Å². The zero-order chi connectivity index (χ0) is 9.10. The summed E-state index contributed by atoms with van der Waals surface area (Å²) in [6.07, 6.45) is 3.92. The smallest absolute Gasteiger partial charge is 0.111 e. The molecule has 4 heteroatoms. The molecule has 0 unspecified atom stereocenters. The van der Waals surface area contributed by atoms with Crippen molar-refractivity contribution in [2.45, 2.75) is 31.8 Å². The van der Waals surface area contributed by atoms with E-state index in [1.807, 2.05) is 0 Å². The average molecular weight is 183 g/mol. The molecule has 0 spiro atoms. The van der Waals surface area contributed by atoms with Gasteiger partial charge in [-0.1, -0.05) is 0 Å². The minimum Gasteiger partial charge on any atom is -0.393 e. The number of piperidine rings is 1. The molecule has 0 atom stereocenters. The van der Waals surface area contributed by atoms with Gasteiger partial charge < -0.3 is 10.5 Å². The van der Waals surface area contributed by atoms with Crippen LogP contribution < -0.4 is 5.43 Å². The van der Waals surface area contributed by atoms with E-state index in [2.05, 4.69) is 15.4 Å². The molecule has 0 bridgehead atoms. The Morgan fingerprint density at radius 2 is 2.15 bits per heavy atom. The second-order valence-electron chi connectivity index (χ2n) is 3.76. The SMILES string of the molecule is OC1CCN(NC2=NCCC2)CC1. The van der Waals surface area contributed by atoms with Crippen molar-refractivity contribution in [1.29, 1.82) is 0 Å². The van der Waals surface area contributed by atoms with Gasteiger partial charge >= 0.3 is 0 Å². The van der Waals surface area contributed by atoms with Crippen LogP contribution >= 0.6 is 0 Å². The minimum atomic E-state index is -0.0939. The van der Waals surface area contributed by atoms with Crippen LogP contribution in [-0.4, -0.2) is 41.7 Å². The number of hydrogen-bond acceptors (Lipinski definition) is 4. The van der Waals surface area contributed by atoms with Crippen LogP contribution in [-0.2, 0) is 0 Å². The molecular weight excluding hydrogens is 166 g/mol. The lowest BCUT2D eigenvalue weighted by Gasteiger charge is -2.30. The van der Waals surface area contributed by atoms with Crippen molar-refractivity contribution < 1.29 is 5.11 Å². The molecule has 2 N–H and O–H groups in total. The molecule has 0 amide bonds. The third-order valence-corrected chi connectivity index (χ3v) is 2.63. The molecule has 0 aromatic rings. The summed E-state index contributed by atoms with van der Waals surface area (Å²) in [4.78, 5) is 4.35. The molecule has 2 rings (SSSR count). The summed E-state index contributed by atoms with van der Waals surface area (Å²) in [5.41, 5.74) is 3.31. The van der Waals surface area contributed by atoms with E-state index in [1.165, 1.54) is 6.42 Å². The Bertz CT molecular complexity index is 197. The van der Waals surface area contributed by atoms with Gasteiger partial charge in [0.15, 0.2) is 0 Å². The monoisotopic (exact) mass is 183 g/mol. The molecule has 0 aliphatic carbocycles. The number of rotatable bonds is 1. The number of aliphatic imine (C=N–C) groups is 1. The molecular formula is C9H17N3O. The molecule has 2 aliphatic heterocycles. The zero-order valence-electron chi connectivity index (χ0n) is 7.87. The maximum absolute atomic E-state index is 9.30. The molecule has 4 nitrogen and oxygen atoms in total. The lowest BCUT2D eigenvalue weighted by Crippen LogP contribution is -2.47. The summed E-state index contributed by atoms with van der Waals surface area (Å²) < 4.78 is 0. The van der Waals surface area contributed by atoms with Crippen molar-refractivity contribution in [2.24, 2.45) is 4.99 Å². The van der Waals surface area contributed by atoms with E-state index in [-0.39, 0.29) is 6.10 Å². The molecule has 13 heavy (non-hydrogen) atoms. The number of amidine groups is 1. The van der Waals surface area contributed by atoms with E-state index in [0.29, 0.717) is 0 Å². The second kappa shape index (κ2) is 4.07. The highest BCUT2D eigenvalue weighted by Gasteiger charge is 2.18. The van der Waals surface area contributed by atoms with Gasteiger partial charge in [0.2, 0.25) is 0 Å². The lowest BCUT2D eigenvalue weighted by molar-refractivity contribution is 0.0698. The highest BCUT2D eigenvalue weighted by molar-refractivity contribution is 5.83. The fraction of sp³-hybridized carbons (Fsp3) is 0.889. The third kappa shape index (κ3) is 2.42. The summed E-state index contributed by atoms with van der Waals surface area (Å²) in [5.74, 6) is 1.12. The number of hydrogen-bond donors (Lipinski definition) is 2. The Labute approximate surface area is 78.6 Å². The number of aliphatic hydroxyl groups is 1. The van der Waals surface area contributed by atoms with Gasteiger partial charge in [-0.3, -0.25) is 4.99 Å². The van der Waals surface area contributed by atoms with Gasteiger partial charge in [-0.2, -0.15) is 0 Å². The first-order chi connectivity index (χ1) is 6.34. The Balaban J connectivity index is 1.75. The fourth-order valence-electron chi connectivity index (χ4n) is 1.79. The van der Waals surface area contributed by atoms with Gasteiger partial charge in [-0.15, -0.1) is 0 Å². The quantitative estimate of drug-likeness (QED) is 0.608. The van der Waals surface area contributed by atoms with Crippen molar-refractivity contribution in [3.8, 4) is 0 Å². The van der Waals surface area contributed by atoms with Crippen molar-refractivity contribution in [1.82, 2.24) is 10.4 Å². The van der Waals surface area contributed by atoms with E-state index in [1.54, 1.807) is 0 Å². The molecule has 0 aromatic heterocycles. The van der Waals surface area contributed by atoms with E-state index in [0.717, 1.165) is 44.7 Å². The first kappa shape index (κ1) is 8.97. The topological polar surface area (TPSA) is 47.9 Å². The highest BCUT2D eigenvalue weighted by Crippen LogP contribution is 2.09. The Hall–Kier alpha value is -0.610. The molecule has 1 saturated heterocycles. The van der Waals surface area contributed by atoms with Crippen LogP contribution in [0.4, 0.5) is 0 Å². The van der Waals surface area contributed by atoms with Gasteiger partial charge in [0.25, 0.3) is 0 Å². The Kier molecular flexibility index (Phi) is 2.80. The van der Waals surface area contributed by atoms with Gasteiger partial charge in [0.1, 0.15) is 5.84 Å². The molecule has 0 aromatic carbocycles. The predicted octanol–water partition coefficient (Wildman–Crippen LogP) is 0.140. The van der Waals surface area contributed by atoms with Crippen LogP contribution in [0.2, 0.25) is 0 Å². The first-order valence-electron chi connectivity index (χ1n) is 5.07. The number of aliphatic hydroxyl groups excluding tert-OH is 1. The van der Waals surface area contributed by atoms with Gasteiger partial charge in [0.05, 0.1) is 6.10 Å². The Morgan fingerprint density at radius 3 is 2.77 bits per heavy atom. The number of nitrogens with one attached hydrogen (secondary N) is 1. The number of hydrazine groups is 1. The van der Waals surface area contributed by atoms with E-state index in [9.17, 15) is 5.11 Å². The number of nitrogens with zero attached hydrogens (tertiary/aromatic N) is 2. The summed E-state index contributed by atoms with van der Waals surface area (Å²) in [5, 5.41) is 11.5. The highest BCUT2D eigenvalue weighted by atomic mass is 16.3. The van der Waals surface area contributed by atoms with Gasteiger partial charge in [-0.05, 0) is 19.3 Å². The standard InChI is InChI=1S/C9H17N3O/c13-8-3-6-12(7-4-8)11-9-2-1-5-10-9/h8,13H,1-7H2,(H,10,11). The van der Waals surface area contributed by atoms with Crippen molar-refractivity contribution in [2.75, 3.05) is 19.6 Å². The molecule has 1 fully saturated rings. The van der Waals surface area contributed by atoms with Gasteiger partial charge in [-0.25, -0.2) is 5.01 Å². The second-order valence-corrected chi connectivity index (χ2v) is 3.76. The largest absolute Gasteiger partial charge is 0.393 e. The average Bonchev–Trinajstić information content (AvgIpc) is 2.62. The maximum atomic E-state index is 9.30. The maximum Gasteiger partial charge on any atom is 0.111 e. The van der Waals surface area contributed by atoms with Crippen LogP contribution in [0.1, 0.15) is 25.7 Å². The van der Waals surface area contributed by atoms with E-state index >= 15 is 0 Å². The Morgan fingerprint density at radius 1 is 1.38 bits per heavy atom. The predicted molar refractivity (Wildman–Crippen MR) is 51.5 cm³/mol. The van der Waals surface area contributed by atoms with Crippen molar-refractivity contribution in [3.05, 3.63) is 0 Å². The molecule has 0 saturated carbocycles. The van der Waals surface area contributed by atoms with Crippen molar-refractivity contribution >= 4 is 5.84 Å². The van der Waals surface area contributed by atoms with E-state index < -0.39 is 0 Å². The van der Waals surface area contributed by atoms with Crippen LogP contribution in [0.3, 0.4) is 0 Å². The van der Waals surface area contributed by atoms with Crippen LogP contribution in [0, 0.1) is 0 Å². The van der Waals surface area contributed by atoms with E-state index in [4.69, 9.17) is 0 Å². The van der Waals surface area contributed by atoms with Crippen LogP contribution in [0.15, 0.2) is 4.99 Å². The summed E-state index contributed by atoms with van der Waals surface area (Å²) in [6, 6.07) is 0. The zero-order valence-corrected chi connectivity index (χ0v) is 7.87. The molecule has 0 radical (unpaired) electrons. The molecule has 74 valence electrons. The summed E-state index contributed by atoms with van der Waals surface area (Å²) in [6.45, 7) is 2.83. The van der Waals surface area contributed by atoms with Crippen LogP contribution in [0.25, 0.3) is 0 Å².